The van der Waals surface area contributed by atoms with Crippen LogP contribution in [0.4, 0.5) is 17.3 Å². The van der Waals surface area contributed by atoms with Crippen molar-refractivity contribution in [3.05, 3.63) is 83.7 Å². The Kier molecular flexibility index (Phi) is 9.22. The van der Waals surface area contributed by atoms with E-state index in [0.717, 1.165) is 52.8 Å². The number of rotatable bonds is 10. The molecule has 10 heteroatoms. The minimum Gasteiger partial charge on any atom is -0.488 e. The molecule has 0 fully saturated rings. The number of halogens is 1. The molecule has 5 rings (SSSR count). The van der Waals surface area contributed by atoms with Gasteiger partial charge in [0.2, 0.25) is 12.3 Å². The van der Waals surface area contributed by atoms with Crippen molar-refractivity contribution in [3.63, 3.8) is 0 Å². The van der Waals surface area contributed by atoms with Crippen LogP contribution in [0.3, 0.4) is 0 Å². The second kappa shape index (κ2) is 13.1. The molecule has 2 unspecified atom stereocenters. The van der Waals surface area contributed by atoms with Crippen molar-refractivity contribution in [2.45, 2.75) is 71.4 Å². The molecule has 9 nitrogen and oxygen atoms in total. The summed E-state index contributed by atoms with van der Waals surface area (Å²) in [7, 11) is 0. The molecule has 226 valence electrons. The van der Waals surface area contributed by atoms with E-state index in [1.807, 2.05) is 53.2 Å². The quantitative estimate of drug-likeness (QED) is 0.0882. The Bertz CT molecular complexity index is 1630. The molecular weight excluding hydrogens is 564 g/mol. The zero-order valence-electron chi connectivity index (χ0n) is 25.0. The van der Waals surface area contributed by atoms with Crippen LogP contribution in [0.15, 0.2) is 72.4 Å². The van der Waals surface area contributed by atoms with E-state index in [1.165, 1.54) is 5.57 Å². The minimum absolute atomic E-state index is 0.123. The van der Waals surface area contributed by atoms with Gasteiger partial charge in [0.15, 0.2) is 0 Å². The maximum atomic E-state index is 11.6. The molecule has 0 saturated heterocycles. The monoisotopic (exact) mass is 602 g/mol. The van der Waals surface area contributed by atoms with Crippen molar-refractivity contribution in [1.82, 2.24) is 14.8 Å². The number of carbonyl (C=O) groups excluding carboxylic acids is 1. The summed E-state index contributed by atoms with van der Waals surface area (Å²) in [5.41, 5.74) is 3.87. The van der Waals surface area contributed by atoms with E-state index in [1.54, 1.807) is 12.3 Å². The highest BCUT2D eigenvalue weighted by atomic mass is 35.5. The number of benzene rings is 2. The molecule has 0 saturated carbocycles. The molecule has 43 heavy (non-hydrogen) atoms. The maximum Gasteiger partial charge on any atom is 0.240 e. The molecule has 4 aromatic rings. The number of carbonyl (C=O) groups is 1. The van der Waals surface area contributed by atoms with E-state index in [-0.39, 0.29) is 29.9 Å². The van der Waals surface area contributed by atoms with E-state index >= 15 is 0 Å². The topological polar surface area (TPSA) is 113 Å². The fourth-order valence-electron chi connectivity index (χ4n) is 5.14. The Morgan fingerprint density at radius 2 is 1.93 bits per heavy atom. The number of anilines is 3. The molecule has 1 aliphatic rings. The second-order valence-electron chi connectivity index (χ2n) is 12.0. The van der Waals surface area contributed by atoms with Crippen molar-refractivity contribution in [2.75, 3.05) is 21.8 Å². The van der Waals surface area contributed by atoms with Gasteiger partial charge in [-0.2, -0.15) is 5.10 Å². The molecule has 2 aromatic carbocycles. The molecule has 0 spiro atoms. The Morgan fingerprint density at radius 1 is 1.14 bits per heavy atom. The summed E-state index contributed by atoms with van der Waals surface area (Å²) in [6.07, 6.45) is 5.82. The lowest BCUT2D eigenvalue weighted by Crippen LogP contribution is -2.30. The third-order valence-corrected chi connectivity index (χ3v) is 7.77. The highest BCUT2D eigenvalue weighted by Crippen LogP contribution is 2.35. The van der Waals surface area contributed by atoms with Crippen molar-refractivity contribution in [2.24, 2.45) is 0 Å². The summed E-state index contributed by atoms with van der Waals surface area (Å²) < 4.78 is 8.22. The van der Waals surface area contributed by atoms with Crippen molar-refractivity contribution in [1.29, 1.82) is 0 Å². The number of pyridine rings is 1. The zero-order valence-corrected chi connectivity index (χ0v) is 25.8. The van der Waals surface area contributed by atoms with Crippen LogP contribution >= 0.6 is 11.6 Å². The summed E-state index contributed by atoms with van der Waals surface area (Å²) in [6, 6.07) is 17.5. The van der Waals surface area contributed by atoms with Crippen molar-refractivity contribution >= 4 is 45.6 Å². The van der Waals surface area contributed by atoms with Crippen LogP contribution in [0.25, 0.3) is 10.8 Å². The van der Waals surface area contributed by atoms with Gasteiger partial charge in [-0.15, -0.1) is 11.6 Å². The highest BCUT2D eigenvalue weighted by Gasteiger charge is 2.25. The maximum absolute atomic E-state index is 11.6. The van der Waals surface area contributed by atoms with Gasteiger partial charge in [0.05, 0.1) is 11.7 Å². The van der Waals surface area contributed by atoms with E-state index in [2.05, 4.69) is 54.7 Å². The third-order valence-electron chi connectivity index (χ3n) is 7.53. The number of aromatic nitrogens is 3. The fraction of sp³-hybridized carbons (Fsp3) is 0.364. The highest BCUT2D eigenvalue weighted by molar-refractivity contribution is 6.29. The van der Waals surface area contributed by atoms with Crippen LogP contribution in [0.1, 0.15) is 64.3 Å². The van der Waals surface area contributed by atoms with E-state index < -0.39 is 6.35 Å². The number of hydrogen-bond donors (Lipinski definition) is 4. The molecule has 2 aromatic heterocycles. The number of nitrogens with zero attached hydrogens (tertiary/aromatic N) is 3. The molecule has 2 heterocycles. The number of amides is 1. The molecule has 0 radical (unpaired) electrons. The van der Waals surface area contributed by atoms with E-state index in [9.17, 15) is 9.90 Å². The zero-order chi connectivity index (χ0) is 30.6. The predicted molar refractivity (Wildman–Crippen MR) is 173 cm³/mol. The Labute approximate surface area is 257 Å². The van der Waals surface area contributed by atoms with E-state index in [0.29, 0.717) is 11.6 Å². The normalized spacial score (nSPS) is 16.0. The number of ether oxygens (including phenoxy) is 1. The van der Waals surface area contributed by atoms with Gasteiger partial charge in [0.25, 0.3) is 0 Å². The van der Waals surface area contributed by atoms with Gasteiger partial charge in [-0.1, -0.05) is 56.7 Å². The lowest BCUT2D eigenvalue weighted by atomic mass is 9.92. The van der Waals surface area contributed by atoms with Crippen molar-refractivity contribution in [3.8, 4) is 5.75 Å². The SMILES string of the molecule is CC1=CCC(n2nc(C(C)(C)C)cc2NC(O)Nc2ccc(OCc3ccnc(NC(=O)CCl)c3)c3ccccc23)CC1. The van der Waals surface area contributed by atoms with Crippen LogP contribution in [-0.2, 0) is 16.8 Å². The van der Waals surface area contributed by atoms with Gasteiger partial charge in [0.1, 0.15) is 29.9 Å². The molecule has 0 aliphatic heterocycles. The average Bonchev–Trinajstić information content (AvgIpc) is 3.41. The predicted octanol–water partition coefficient (Wildman–Crippen LogP) is 6.96. The summed E-state index contributed by atoms with van der Waals surface area (Å²) in [5, 5.41) is 27.1. The Morgan fingerprint density at radius 3 is 2.65 bits per heavy atom. The fourth-order valence-corrected chi connectivity index (χ4v) is 5.20. The number of aliphatic hydroxyl groups excluding tert-OH is 1. The lowest BCUT2D eigenvalue weighted by molar-refractivity contribution is -0.113. The number of alkyl halides is 1. The molecule has 1 amide bonds. The van der Waals surface area contributed by atoms with Gasteiger partial charge < -0.3 is 25.8 Å². The van der Waals surface area contributed by atoms with Crippen LogP contribution in [0.5, 0.6) is 5.75 Å². The standard InChI is InChI=1S/C33H39ClN6O3/c1-21-9-11-23(12-10-21)40-30(18-28(39-40)33(2,3)4)38-32(42)36-26-13-14-27(25-8-6-5-7-24(25)26)43-20-22-15-16-35-29(17-22)37-31(41)19-34/h5-9,13-18,23,32,36,38,42H,10-12,19-20H2,1-4H3,(H,35,37,41). The first-order valence-electron chi connectivity index (χ1n) is 14.5. The first kappa shape index (κ1) is 30.4. The van der Waals surface area contributed by atoms with Crippen LogP contribution in [0, 0.1) is 0 Å². The Balaban J connectivity index is 1.32. The minimum atomic E-state index is -1.06. The Hall–Kier alpha value is -4.08. The van der Waals surface area contributed by atoms with Crippen LogP contribution in [-0.4, -0.2) is 38.0 Å². The van der Waals surface area contributed by atoms with E-state index in [4.69, 9.17) is 21.4 Å². The number of hydrogen-bond acceptors (Lipinski definition) is 7. The van der Waals surface area contributed by atoms with Gasteiger partial charge in [0, 0.05) is 34.1 Å². The molecule has 2 atom stereocenters. The third kappa shape index (κ3) is 7.47. The molecular formula is C33H39ClN6O3. The number of allylic oxidation sites excluding steroid dienone is 2. The molecule has 0 bridgehead atoms. The van der Waals surface area contributed by atoms with Crippen molar-refractivity contribution < 1.29 is 14.6 Å². The van der Waals surface area contributed by atoms with Crippen LogP contribution in [0.2, 0.25) is 0 Å². The molecule has 4 N–H and O–H groups in total. The average molecular weight is 603 g/mol. The molecule has 1 aliphatic carbocycles. The first-order chi connectivity index (χ1) is 20.6. The summed E-state index contributed by atoms with van der Waals surface area (Å²) in [4.78, 5) is 15.8. The summed E-state index contributed by atoms with van der Waals surface area (Å²) >= 11 is 5.59. The smallest absolute Gasteiger partial charge is 0.240 e. The van der Waals surface area contributed by atoms with Gasteiger partial charge >= 0.3 is 0 Å². The van der Waals surface area contributed by atoms with Gasteiger partial charge in [-0.3, -0.25) is 4.79 Å². The van der Waals surface area contributed by atoms with Crippen LogP contribution < -0.4 is 20.7 Å². The number of nitrogens with one attached hydrogen (secondary N) is 3. The first-order valence-corrected chi connectivity index (χ1v) is 15.1. The van der Waals surface area contributed by atoms with Gasteiger partial charge in [-0.25, -0.2) is 9.67 Å². The summed E-state index contributed by atoms with van der Waals surface area (Å²) in [6.45, 7) is 8.89. The number of fused-ring (bicyclic) bond motifs is 1. The number of aliphatic hydroxyl groups is 1. The second-order valence-corrected chi connectivity index (χ2v) is 12.2. The largest absolute Gasteiger partial charge is 0.488 e. The lowest BCUT2D eigenvalue weighted by Gasteiger charge is -2.25. The van der Waals surface area contributed by atoms with Gasteiger partial charge in [-0.05, 0) is 56.0 Å². The summed E-state index contributed by atoms with van der Waals surface area (Å²) in [5.74, 6) is 1.44.